The molecule has 0 spiro atoms. The molecule has 3 heterocycles. The molecule has 3 aromatic rings. The summed E-state index contributed by atoms with van der Waals surface area (Å²) in [5.41, 5.74) is 3.94. The minimum atomic E-state index is -0.557. The summed E-state index contributed by atoms with van der Waals surface area (Å²) in [5, 5.41) is 1.79. The number of carbonyl (C=O) groups is 1. The SMILES string of the molecule is CCOC(=O)N1CCc2c([nH]c3ccc(Cl)cc23)C1c1ccc(OCC2(C)COC(C)(C)OC2)cc1. The number of carbonyl (C=O) groups excluding carboxylic acids is 1. The average molecular weight is 513 g/mol. The summed E-state index contributed by atoms with van der Waals surface area (Å²) in [4.78, 5) is 18.2. The standard InChI is InChI=1S/C28H33ClN2O5/c1-5-33-26(32)31-13-12-21-22-14-19(29)8-11-23(22)30-24(21)25(31)18-6-9-20(10-7-18)34-15-28(4)16-35-27(2,3)36-17-28/h6-11,14,25,30H,5,12-13,15-17H2,1-4H3. The molecule has 36 heavy (non-hydrogen) atoms. The summed E-state index contributed by atoms with van der Waals surface area (Å²) in [6, 6.07) is 13.5. The molecule has 192 valence electrons. The number of rotatable bonds is 5. The first-order chi connectivity index (χ1) is 17.2. The largest absolute Gasteiger partial charge is 0.493 e. The zero-order chi connectivity index (χ0) is 25.5. The molecular weight excluding hydrogens is 480 g/mol. The van der Waals surface area contributed by atoms with Crippen LogP contribution in [0.4, 0.5) is 4.79 Å². The molecule has 0 radical (unpaired) electrons. The lowest BCUT2D eigenvalue weighted by Crippen LogP contribution is -2.47. The van der Waals surface area contributed by atoms with Crippen molar-refractivity contribution in [1.82, 2.24) is 9.88 Å². The fraction of sp³-hybridized carbons (Fsp3) is 0.464. The first-order valence-corrected chi connectivity index (χ1v) is 12.8. The van der Waals surface area contributed by atoms with Gasteiger partial charge in [0.1, 0.15) is 11.8 Å². The Morgan fingerprint density at radius 1 is 1.14 bits per heavy atom. The number of ether oxygens (including phenoxy) is 4. The van der Waals surface area contributed by atoms with E-state index in [1.165, 1.54) is 5.56 Å². The minimum absolute atomic E-state index is 0.223. The van der Waals surface area contributed by atoms with Crippen LogP contribution in [0, 0.1) is 5.41 Å². The molecule has 2 aromatic carbocycles. The van der Waals surface area contributed by atoms with Crippen LogP contribution < -0.4 is 4.74 Å². The molecule has 1 N–H and O–H groups in total. The fourth-order valence-corrected chi connectivity index (χ4v) is 5.05. The number of H-pyrrole nitrogens is 1. The number of fused-ring (bicyclic) bond motifs is 3. The van der Waals surface area contributed by atoms with Gasteiger partial charge in [-0.2, -0.15) is 0 Å². The molecule has 0 aliphatic carbocycles. The highest BCUT2D eigenvalue weighted by atomic mass is 35.5. The van der Waals surface area contributed by atoms with E-state index < -0.39 is 5.79 Å². The van der Waals surface area contributed by atoms with E-state index in [-0.39, 0.29) is 17.6 Å². The van der Waals surface area contributed by atoms with Crippen molar-refractivity contribution in [2.75, 3.05) is 33.0 Å². The average Bonchev–Trinajstić information content (AvgIpc) is 3.23. The molecule has 1 amide bonds. The first kappa shape index (κ1) is 24.9. The van der Waals surface area contributed by atoms with Crippen molar-refractivity contribution < 1.29 is 23.7 Å². The minimum Gasteiger partial charge on any atom is -0.493 e. The maximum Gasteiger partial charge on any atom is 0.410 e. The van der Waals surface area contributed by atoms with E-state index in [1.54, 1.807) is 4.90 Å². The highest BCUT2D eigenvalue weighted by Gasteiger charge is 2.38. The predicted molar refractivity (Wildman–Crippen MR) is 139 cm³/mol. The number of halogens is 1. The Morgan fingerprint density at radius 2 is 1.86 bits per heavy atom. The van der Waals surface area contributed by atoms with Crippen LogP contribution in [-0.2, 0) is 20.6 Å². The number of nitrogens with zero attached hydrogens (tertiary/aromatic N) is 1. The van der Waals surface area contributed by atoms with Gasteiger partial charge in [-0.25, -0.2) is 4.79 Å². The van der Waals surface area contributed by atoms with Gasteiger partial charge in [0, 0.05) is 33.6 Å². The molecule has 2 aliphatic rings. The second kappa shape index (κ2) is 9.61. The third-order valence-corrected chi connectivity index (χ3v) is 7.15. The third-order valence-electron chi connectivity index (χ3n) is 6.91. The van der Waals surface area contributed by atoms with Gasteiger partial charge in [-0.3, -0.25) is 4.90 Å². The molecule has 1 aromatic heterocycles. The Hall–Kier alpha value is -2.74. The second-order valence-electron chi connectivity index (χ2n) is 10.4. The molecule has 8 heteroatoms. The summed E-state index contributed by atoms with van der Waals surface area (Å²) in [7, 11) is 0. The Kier molecular flexibility index (Phi) is 6.66. The van der Waals surface area contributed by atoms with Crippen molar-refractivity contribution in [3.63, 3.8) is 0 Å². The molecule has 5 rings (SSSR count). The Morgan fingerprint density at radius 3 is 2.56 bits per heavy atom. The number of hydrogen-bond acceptors (Lipinski definition) is 5. The third kappa shape index (κ3) is 4.92. The quantitative estimate of drug-likeness (QED) is 0.447. The van der Waals surface area contributed by atoms with Crippen molar-refractivity contribution >= 4 is 28.6 Å². The van der Waals surface area contributed by atoms with Crippen LogP contribution in [0.2, 0.25) is 5.02 Å². The number of aromatic nitrogens is 1. The molecule has 1 fully saturated rings. The summed E-state index contributed by atoms with van der Waals surface area (Å²) >= 11 is 6.29. The molecule has 1 saturated heterocycles. The van der Waals surface area contributed by atoms with Crippen molar-refractivity contribution in [1.29, 1.82) is 0 Å². The predicted octanol–water partition coefficient (Wildman–Crippen LogP) is 6.09. The number of amides is 1. The van der Waals surface area contributed by atoms with Crippen LogP contribution in [0.3, 0.4) is 0 Å². The summed E-state index contributed by atoms with van der Waals surface area (Å²) in [5.74, 6) is 0.200. The van der Waals surface area contributed by atoms with Crippen LogP contribution in [0.1, 0.15) is 50.6 Å². The molecule has 0 saturated carbocycles. The summed E-state index contributed by atoms with van der Waals surface area (Å²) < 4.78 is 23.2. The maximum atomic E-state index is 12.9. The lowest BCUT2D eigenvalue weighted by molar-refractivity contribution is -0.285. The van der Waals surface area contributed by atoms with Gasteiger partial charge in [0.05, 0.1) is 26.4 Å². The van der Waals surface area contributed by atoms with Gasteiger partial charge < -0.3 is 23.9 Å². The monoisotopic (exact) mass is 512 g/mol. The number of benzene rings is 2. The number of nitrogens with one attached hydrogen (secondary N) is 1. The molecule has 1 atom stereocenters. The van der Waals surface area contributed by atoms with Crippen LogP contribution in [0.25, 0.3) is 10.9 Å². The van der Waals surface area contributed by atoms with Gasteiger partial charge >= 0.3 is 6.09 Å². The molecule has 1 unspecified atom stereocenters. The van der Waals surface area contributed by atoms with E-state index in [9.17, 15) is 4.79 Å². The number of hydrogen-bond donors (Lipinski definition) is 1. The van der Waals surface area contributed by atoms with E-state index in [0.717, 1.165) is 34.3 Å². The number of aromatic amines is 1. The lowest BCUT2D eigenvalue weighted by atomic mass is 9.92. The Bertz CT molecular complexity index is 1240. The van der Waals surface area contributed by atoms with Gasteiger partial charge in [-0.15, -0.1) is 0 Å². The van der Waals surface area contributed by atoms with Crippen LogP contribution in [0.5, 0.6) is 5.75 Å². The second-order valence-corrected chi connectivity index (χ2v) is 10.8. The van der Waals surface area contributed by atoms with Gasteiger partial charge in [0.25, 0.3) is 0 Å². The van der Waals surface area contributed by atoms with E-state index in [2.05, 4.69) is 11.9 Å². The molecule has 7 nitrogen and oxygen atoms in total. The maximum absolute atomic E-state index is 12.9. The van der Waals surface area contributed by atoms with Crippen molar-refractivity contribution in [3.05, 3.63) is 64.3 Å². The van der Waals surface area contributed by atoms with Gasteiger partial charge in [-0.1, -0.05) is 30.7 Å². The lowest BCUT2D eigenvalue weighted by Gasteiger charge is -2.41. The van der Waals surface area contributed by atoms with Crippen LogP contribution in [-0.4, -0.2) is 54.7 Å². The Balaban J connectivity index is 1.40. The first-order valence-electron chi connectivity index (χ1n) is 12.4. The molecule has 0 bridgehead atoms. The highest BCUT2D eigenvalue weighted by molar-refractivity contribution is 6.31. The fourth-order valence-electron chi connectivity index (χ4n) is 4.88. The normalized spacial score (nSPS) is 20.7. The van der Waals surface area contributed by atoms with Gasteiger partial charge in [0.15, 0.2) is 5.79 Å². The van der Waals surface area contributed by atoms with Gasteiger partial charge in [-0.05, 0) is 68.7 Å². The van der Waals surface area contributed by atoms with Crippen molar-refractivity contribution in [2.45, 2.75) is 45.9 Å². The van der Waals surface area contributed by atoms with E-state index in [1.807, 2.05) is 63.2 Å². The van der Waals surface area contributed by atoms with Gasteiger partial charge in [0.2, 0.25) is 0 Å². The van der Waals surface area contributed by atoms with E-state index in [4.69, 9.17) is 30.5 Å². The van der Waals surface area contributed by atoms with Crippen LogP contribution in [0.15, 0.2) is 42.5 Å². The molecule has 2 aliphatic heterocycles. The van der Waals surface area contributed by atoms with E-state index in [0.29, 0.717) is 38.0 Å². The van der Waals surface area contributed by atoms with Crippen molar-refractivity contribution in [3.8, 4) is 5.75 Å². The van der Waals surface area contributed by atoms with E-state index >= 15 is 0 Å². The summed E-state index contributed by atoms with van der Waals surface area (Å²) in [6.07, 6.45) is 0.407. The zero-order valence-corrected chi connectivity index (χ0v) is 22.0. The molecular formula is C28H33ClN2O5. The summed E-state index contributed by atoms with van der Waals surface area (Å²) in [6.45, 7) is 10.3. The smallest absolute Gasteiger partial charge is 0.410 e. The highest BCUT2D eigenvalue weighted by Crippen LogP contribution is 2.40. The van der Waals surface area contributed by atoms with Crippen molar-refractivity contribution in [2.24, 2.45) is 5.41 Å². The van der Waals surface area contributed by atoms with Crippen LogP contribution >= 0.6 is 11.6 Å². The Labute approximate surface area is 216 Å². The topological polar surface area (TPSA) is 73.0 Å². The zero-order valence-electron chi connectivity index (χ0n) is 21.2.